The molecule has 0 spiro atoms. The van der Waals surface area contributed by atoms with Gasteiger partial charge in [-0.15, -0.1) is 0 Å². The van der Waals surface area contributed by atoms with Crippen LogP contribution in [-0.2, 0) is 20.7 Å². The topological polar surface area (TPSA) is 43.4 Å². The van der Waals surface area contributed by atoms with Crippen molar-refractivity contribution in [3.8, 4) is 0 Å². The summed E-state index contributed by atoms with van der Waals surface area (Å²) in [7, 11) is 0. The highest BCUT2D eigenvalue weighted by Gasteiger charge is 2.07. The second-order valence-electron chi connectivity index (χ2n) is 2.65. The van der Waals surface area contributed by atoms with Crippen molar-refractivity contribution < 1.29 is 18.7 Å². The van der Waals surface area contributed by atoms with Gasteiger partial charge in [-0.3, -0.25) is 9.59 Å². The summed E-state index contributed by atoms with van der Waals surface area (Å²) < 4.78 is 16.7. The molecule has 3 nitrogen and oxygen atoms in total. The zero-order valence-corrected chi connectivity index (χ0v) is 7.33. The molecular weight excluding hydrogens is 187 g/mol. The zero-order chi connectivity index (χ0) is 10.6. The normalized spacial score (nSPS) is 9.57. The minimum Gasteiger partial charge on any atom is -0.393 e. The minimum absolute atomic E-state index is 0.0679. The van der Waals surface area contributed by atoms with Crippen molar-refractivity contribution in [2.45, 2.75) is 6.42 Å². The fourth-order valence-electron chi connectivity index (χ4n) is 0.932. The first-order chi connectivity index (χ1) is 6.58. The van der Waals surface area contributed by atoms with Crippen LogP contribution in [0.3, 0.4) is 0 Å². The van der Waals surface area contributed by atoms with E-state index in [1.807, 2.05) is 0 Å². The van der Waals surface area contributed by atoms with Crippen LogP contribution in [-0.4, -0.2) is 11.9 Å². The third-order valence-electron chi connectivity index (χ3n) is 1.49. The number of carbonyl (C=O) groups is 2. The second-order valence-corrected chi connectivity index (χ2v) is 2.65. The van der Waals surface area contributed by atoms with Crippen molar-refractivity contribution >= 4 is 11.9 Å². The van der Waals surface area contributed by atoms with Crippen LogP contribution in [0.4, 0.5) is 4.39 Å². The van der Waals surface area contributed by atoms with E-state index in [1.165, 1.54) is 24.3 Å². The van der Waals surface area contributed by atoms with E-state index in [0.29, 0.717) is 5.56 Å². The summed E-state index contributed by atoms with van der Waals surface area (Å²) in [5.41, 5.74) is 0.581. The van der Waals surface area contributed by atoms with Crippen LogP contribution in [0.2, 0.25) is 0 Å². The highest BCUT2D eigenvalue weighted by Crippen LogP contribution is 2.04. The van der Waals surface area contributed by atoms with Crippen LogP contribution in [0.5, 0.6) is 0 Å². The molecule has 0 aromatic heterocycles. The summed E-state index contributed by atoms with van der Waals surface area (Å²) in [6, 6.07) is 5.36. The number of ether oxygens (including phenoxy) is 1. The molecule has 1 aromatic carbocycles. The molecule has 0 saturated heterocycles. The number of esters is 2. The van der Waals surface area contributed by atoms with Crippen molar-refractivity contribution in [3.05, 3.63) is 42.6 Å². The van der Waals surface area contributed by atoms with Crippen LogP contribution in [0.1, 0.15) is 5.56 Å². The van der Waals surface area contributed by atoms with Gasteiger partial charge in [-0.25, -0.2) is 4.39 Å². The molecule has 4 heteroatoms. The molecule has 14 heavy (non-hydrogen) atoms. The molecule has 1 rings (SSSR count). The second kappa shape index (κ2) is 4.50. The van der Waals surface area contributed by atoms with Gasteiger partial charge in [0.05, 0.1) is 13.3 Å². The highest BCUT2D eigenvalue weighted by atomic mass is 19.1. The molecule has 0 atom stereocenters. The van der Waals surface area contributed by atoms with Crippen LogP contribution in [0.25, 0.3) is 0 Å². The molecule has 0 amide bonds. The number of halogens is 1. The third kappa shape index (κ3) is 3.35. The number of benzene rings is 1. The van der Waals surface area contributed by atoms with Crippen molar-refractivity contribution in [1.29, 1.82) is 0 Å². The molecule has 0 heterocycles. The Morgan fingerprint density at radius 1 is 1.29 bits per heavy atom. The Balaban J connectivity index is 2.56. The van der Waals surface area contributed by atoms with Gasteiger partial charge in [-0.2, -0.15) is 0 Å². The molecule has 0 saturated carbocycles. The Morgan fingerprint density at radius 3 is 2.36 bits per heavy atom. The Hall–Kier alpha value is -1.71. The highest BCUT2D eigenvalue weighted by molar-refractivity contribution is 5.88. The van der Waals surface area contributed by atoms with Crippen LogP contribution >= 0.6 is 0 Å². The van der Waals surface area contributed by atoms with Gasteiger partial charge in [0.1, 0.15) is 5.82 Å². The predicted octanol–water partition coefficient (Wildman–Crippen LogP) is 1.27. The first-order valence-corrected chi connectivity index (χ1v) is 3.89. The molecule has 1 radical (unpaired) electrons. The molecule has 0 unspecified atom stereocenters. The van der Waals surface area contributed by atoms with Gasteiger partial charge < -0.3 is 4.74 Å². The lowest BCUT2D eigenvalue weighted by molar-refractivity contribution is -0.155. The number of hydrogen-bond donors (Lipinski definition) is 0. The Morgan fingerprint density at radius 2 is 1.86 bits per heavy atom. The Kier molecular flexibility index (Phi) is 3.34. The lowest BCUT2D eigenvalue weighted by Crippen LogP contribution is -2.11. The molecule has 0 aliphatic heterocycles. The number of rotatable bonds is 2. The molecule has 0 N–H and O–H groups in total. The smallest absolute Gasteiger partial charge is 0.317 e. The van der Waals surface area contributed by atoms with E-state index in [0.717, 1.165) is 0 Å². The number of hydrogen-bond acceptors (Lipinski definition) is 3. The maximum absolute atomic E-state index is 12.5. The fraction of sp³-hybridized carbons (Fsp3) is 0.100. The van der Waals surface area contributed by atoms with Gasteiger partial charge in [0.15, 0.2) is 0 Å². The van der Waals surface area contributed by atoms with Crippen molar-refractivity contribution in [2.24, 2.45) is 0 Å². The van der Waals surface area contributed by atoms with Crippen LogP contribution in [0, 0.1) is 12.7 Å². The van der Waals surface area contributed by atoms with Gasteiger partial charge in [0.2, 0.25) is 0 Å². The summed E-state index contributed by atoms with van der Waals surface area (Å²) in [6.07, 6.45) is -0.0679. The molecule has 73 valence electrons. The predicted molar refractivity (Wildman–Crippen MR) is 46.6 cm³/mol. The molecule has 0 aliphatic carbocycles. The maximum atomic E-state index is 12.5. The largest absolute Gasteiger partial charge is 0.393 e. The molecule has 0 aliphatic rings. The molecular formula is C10H8FO3. The standard InChI is InChI=1S/C10H8FO3/c1-7(12)14-10(13)6-8-2-4-9(11)5-3-8/h2-5H,1,6H2. The molecule has 0 fully saturated rings. The Labute approximate surface area is 80.5 Å². The SMILES string of the molecule is [CH2]C(=O)OC(=O)Cc1ccc(F)cc1. The lowest BCUT2D eigenvalue weighted by atomic mass is 10.1. The average Bonchev–Trinajstić information content (AvgIpc) is 2.07. The summed E-state index contributed by atoms with van der Waals surface area (Å²) in [4.78, 5) is 21.2. The van der Waals surface area contributed by atoms with E-state index < -0.39 is 11.9 Å². The zero-order valence-electron chi connectivity index (χ0n) is 7.33. The summed E-state index contributed by atoms with van der Waals surface area (Å²) in [5, 5.41) is 0. The summed E-state index contributed by atoms with van der Waals surface area (Å²) in [6.45, 7) is 2.89. The molecule has 1 aromatic rings. The monoisotopic (exact) mass is 195 g/mol. The fourth-order valence-corrected chi connectivity index (χ4v) is 0.932. The number of carbonyl (C=O) groups excluding carboxylic acids is 2. The van der Waals surface area contributed by atoms with Crippen molar-refractivity contribution in [1.82, 2.24) is 0 Å². The lowest BCUT2D eigenvalue weighted by Gasteiger charge is -1.99. The van der Waals surface area contributed by atoms with Gasteiger partial charge in [-0.05, 0) is 17.7 Å². The van der Waals surface area contributed by atoms with E-state index in [9.17, 15) is 14.0 Å². The third-order valence-corrected chi connectivity index (χ3v) is 1.49. The van der Waals surface area contributed by atoms with E-state index in [-0.39, 0.29) is 12.2 Å². The van der Waals surface area contributed by atoms with Gasteiger partial charge >= 0.3 is 11.9 Å². The first-order valence-electron chi connectivity index (χ1n) is 3.89. The summed E-state index contributed by atoms with van der Waals surface area (Å²) >= 11 is 0. The maximum Gasteiger partial charge on any atom is 0.317 e. The quantitative estimate of drug-likeness (QED) is 0.527. The van der Waals surface area contributed by atoms with Crippen molar-refractivity contribution in [3.63, 3.8) is 0 Å². The van der Waals surface area contributed by atoms with Crippen LogP contribution in [0.15, 0.2) is 24.3 Å². The van der Waals surface area contributed by atoms with E-state index in [4.69, 9.17) is 0 Å². The van der Waals surface area contributed by atoms with Gasteiger partial charge in [0.25, 0.3) is 0 Å². The Bertz CT molecular complexity index is 343. The van der Waals surface area contributed by atoms with Gasteiger partial charge in [-0.1, -0.05) is 12.1 Å². The molecule has 0 bridgehead atoms. The summed E-state index contributed by atoms with van der Waals surface area (Å²) in [5.74, 6) is -1.97. The van der Waals surface area contributed by atoms with E-state index in [1.54, 1.807) is 0 Å². The van der Waals surface area contributed by atoms with E-state index >= 15 is 0 Å². The average molecular weight is 195 g/mol. The van der Waals surface area contributed by atoms with Gasteiger partial charge in [0, 0.05) is 0 Å². The van der Waals surface area contributed by atoms with Crippen molar-refractivity contribution in [2.75, 3.05) is 0 Å². The first kappa shape index (κ1) is 10.4. The van der Waals surface area contributed by atoms with Crippen LogP contribution < -0.4 is 0 Å². The van der Waals surface area contributed by atoms with E-state index in [2.05, 4.69) is 11.7 Å². The minimum atomic E-state index is -0.892.